The number of halogens is 1. The van der Waals surface area contributed by atoms with Crippen molar-refractivity contribution in [2.45, 2.75) is 31.8 Å². The maximum absolute atomic E-state index is 12.8. The third kappa shape index (κ3) is 2.81. The molecule has 1 fully saturated rings. The molecular formula is C12H15FO. The Labute approximate surface area is 83.6 Å². The molecule has 0 bridgehead atoms. The summed E-state index contributed by atoms with van der Waals surface area (Å²) in [6.45, 7) is 0. The minimum Gasteiger partial charge on any atom is -0.393 e. The molecule has 1 aliphatic rings. The minimum absolute atomic E-state index is 0.221. The Kier molecular flexibility index (Phi) is 2.82. The quantitative estimate of drug-likeness (QED) is 0.781. The summed E-state index contributed by atoms with van der Waals surface area (Å²) in [5, 5.41) is 9.68. The van der Waals surface area contributed by atoms with Crippen molar-refractivity contribution in [3.05, 3.63) is 35.6 Å². The highest BCUT2D eigenvalue weighted by atomic mass is 19.1. The molecule has 0 aromatic heterocycles. The van der Waals surface area contributed by atoms with Crippen LogP contribution < -0.4 is 0 Å². The van der Waals surface area contributed by atoms with Crippen molar-refractivity contribution in [3.8, 4) is 0 Å². The first-order valence-electron chi connectivity index (χ1n) is 5.16. The second-order valence-electron chi connectivity index (χ2n) is 4.17. The SMILES string of the molecule is OC(Cc1cccc(F)c1)CC1CC1. The molecule has 0 aliphatic heterocycles. The average Bonchev–Trinajstić information content (AvgIpc) is 2.87. The van der Waals surface area contributed by atoms with Crippen molar-refractivity contribution < 1.29 is 9.50 Å². The smallest absolute Gasteiger partial charge is 0.123 e. The summed E-state index contributed by atoms with van der Waals surface area (Å²) in [7, 11) is 0. The van der Waals surface area contributed by atoms with E-state index in [1.54, 1.807) is 6.07 Å². The number of aliphatic hydroxyl groups is 1. The topological polar surface area (TPSA) is 20.2 Å². The van der Waals surface area contributed by atoms with Gasteiger partial charge in [-0.15, -0.1) is 0 Å². The van der Waals surface area contributed by atoms with E-state index in [-0.39, 0.29) is 11.9 Å². The highest BCUT2D eigenvalue weighted by Gasteiger charge is 2.24. The highest BCUT2D eigenvalue weighted by Crippen LogP contribution is 2.34. The van der Waals surface area contributed by atoms with Gasteiger partial charge in [0.1, 0.15) is 5.82 Å². The van der Waals surface area contributed by atoms with Crippen LogP contribution in [0.5, 0.6) is 0 Å². The molecule has 1 atom stereocenters. The van der Waals surface area contributed by atoms with Gasteiger partial charge in [0.05, 0.1) is 6.10 Å². The van der Waals surface area contributed by atoms with Crippen LogP contribution in [0.1, 0.15) is 24.8 Å². The first kappa shape index (κ1) is 9.66. The van der Waals surface area contributed by atoms with E-state index in [0.717, 1.165) is 17.9 Å². The minimum atomic E-state index is -0.302. The van der Waals surface area contributed by atoms with Gasteiger partial charge in [-0.05, 0) is 36.5 Å². The van der Waals surface area contributed by atoms with Crippen molar-refractivity contribution in [3.63, 3.8) is 0 Å². The Morgan fingerprint density at radius 3 is 2.86 bits per heavy atom. The van der Waals surface area contributed by atoms with Gasteiger partial charge in [-0.3, -0.25) is 0 Å². The van der Waals surface area contributed by atoms with Crippen LogP contribution in [0.15, 0.2) is 24.3 Å². The Morgan fingerprint density at radius 2 is 2.21 bits per heavy atom. The lowest BCUT2D eigenvalue weighted by molar-refractivity contribution is 0.158. The lowest BCUT2D eigenvalue weighted by Gasteiger charge is -2.09. The van der Waals surface area contributed by atoms with Gasteiger partial charge < -0.3 is 5.11 Å². The second kappa shape index (κ2) is 4.09. The van der Waals surface area contributed by atoms with Gasteiger partial charge >= 0.3 is 0 Å². The van der Waals surface area contributed by atoms with E-state index in [0.29, 0.717) is 6.42 Å². The summed E-state index contributed by atoms with van der Waals surface area (Å²) in [6, 6.07) is 6.47. The summed E-state index contributed by atoms with van der Waals surface area (Å²) >= 11 is 0. The maximum atomic E-state index is 12.8. The van der Waals surface area contributed by atoms with Gasteiger partial charge in [0.2, 0.25) is 0 Å². The van der Waals surface area contributed by atoms with E-state index in [9.17, 15) is 9.50 Å². The van der Waals surface area contributed by atoms with Gasteiger partial charge in [-0.1, -0.05) is 25.0 Å². The van der Waals surface area contributed by atoms with E-state index in [1.807, 2.05) is 6.07 Å². The van der Waals surface area contributed by atoms with Crippen LogP contribution in [0.2, 0.25) is 0 Å². The number of hydrogen-bond acceptors (Lipinski definition) is 1. The molecule has 2 rings (SSSR count). The molecule has 0 saturated heterocycles. The zero-order valence-corrected chi connectivity index (χ0v) is 8.12. The highest BCUT2D eigenvalue weighted by molar-refractivity contribution is 5.17. The third-order valence-electron chi connectivity index (χ3n) is 2.66. The number of hydrogen-bond donors (Lipinski definition) is 1. The lowest BCUT2D eigenvalue weighted by atomic mass is 10.0. The van der Waals surface area contributed by atoms with Gasteiger partial charge in [0.15, 0.2) is 0 Å². The van der Waals surface area contributed by atoms with E-state index < -0.39 is 0 Å². The number of aliphatic hydroxyl groups excluding tert-OH is 1. The first-order valence-corrected chi connectivity index (χ1v) is 5.16. The molecule has 0 heterocycles. The molecule has 76 valence electrons. The molecule has 0 radical (unpaired) electrons. The van der Waals surface area contributed by atoms with Crippen LogP contribution in [-0.2, 0) is 6.42 Å². The first-order chi connectivity index (χ1) is 6.74. The van der Waals surface area contributed by atoms with Crippen LogP contribution in [0.4, 0.5) is 4.39 Å². The van der Waals surface area contributed by atoms with Crippen molar-refractivity contribution in [1.29, 1.82) is 0 Å². The molecule has 1 unspecified atom stereocenters. The van der Waals surface area contributed by atoms with Gasteiger partial charge in [-0.25, -0.2) is 4.39 Å². The largest absolute Gasteiger partial charge is 0.393 e. The standard InChI is InChI=1S/C12H15FO/c13-11-3-1-2-10(6-11)8-12(14)7-9-4-5-9/h1-3,6,9,12,14H,4-5,7-8H2. The molecule has 1 nitrogen and oxygen atoms in total. The number of benzene rings is 1. The van der Waals surface area contributed by atoms with Crippen molar-refractivity contribution in [2.75, 3.05) is 0 Å². The summed E-state index contributed by atoms with van der Waals surface area (Å²) in [6.07, 6.45) is 3.65. The molecule has 1 N–H and O–H groups in total. The zero-order valence-electron chi connectivity index (χ0n) is 8.12. The molecule has 1 saturated carbocycles. The molecule has 14 heavy (non-hydrogen) atoms. The van der Waals surface area contributed by atoms with Crippen LogP contribution in [0.3, 0.4) is 0 Å². The second-order valence-corrected chi connectivity index (χ2v) is 4.17. The normalized spacial score (nSPS) is 18.1. The lowest BCUT2D eigenvalue weighted by Crippen LogP contribution is -2.11. The average molecular weight is 194 g/mol. The van der Waals surface area contributed by atoms with E-state index in [4.69, 9.17) is 0 Å². The van der Waals surface area contributed by atoms with Gasteiger partial charge in [0.25, 0.3) is 0 Å². The maximum Gasteiger partial charge on any atom is 0.123 e. The van der Waals surface area contributed by atoms with E-state index in [1.165, 1.54) is 25.0 Å². The van der Waals surface area contributed by atoms with E-state index >= 15 is 0 Å². The molecule has 1 aromatic rings. The third-order valence-corrected chi connectivity index (χ3v) is 2.66. The van der Waals surface area contributed by atoms with Crippen molar-refractivity contribution in [2.24, 2.45) is 5.92 Å². The summed E-state index contributed by atoms with van der Waals surface area (Å²) in [5.74, 6) is 0.500. The zero-order chi connectivity index (χ0) is 9.97. The van der Waals surface area contributed by atoms with Crippen LogP contribution in [0, 0.1) is 11.7 Å². The fourth-order valence-corrected chi connectivity index (χ4v) is 1.76. The van der Waals surface area contributed by atoms with Crippen molar-refractivity contribution >= 4 is 0 Å². The molecular weight excluding hydrogens is 179 g/mol. The van der Waals surface area contributed by atoms with Crippen molar-refractivity contribution in [1.82, 2.24) is 0 Å². The Hall–Kier alpha value is -0.890. The molecule has 1 aromatic carbocycles. The number of rotatable bonds is 4. The molecule has 0 spiro atoms. The van der Waals surface area contributed by atoms with Gasteiger partial charge in [0, 0.05) is 0 Å². The van der Waals surface area contributed by atoms with Crippen LogP contribution >= 0.6 is 0 Å². The Morgan fingerprint density at radius 1 is 1.43 bits per heavy atom. The van der Waals surface area contributed by atoms with Gasteiger partial charge in [-0.2, -0.15) is 0 Å². The van der Waals surface area contributed by atoms with Crippen LogP contribution in [-0.4, -0.2) is 11.2 Å². The Balaban J connectivity index is 1.88. The van der Waals surface area contributed by atoms with E-state index in [2.05, 4.69) is 0 Å². The fraction of sp³-hybridized carbons (Fsp3) is 0.500. The Bertz CT molecular complexity index is 307. The molecule has 2 heteroatoms. The summed E-state index contributed by atoms with van der Waals surface area (Å²) in [4.78, 5) is 0. The molecule has 1 aliphatic carbocycles. The molecule has 0 amide bonds. The predicted molar refractivity (Wildman–Crippen MR) is 53.5 cm³/mol. The van der Waals surface area contributed by atoms with Crippen LogP contribution in [0.25, 0.3) is 0 Å². The summed E-state index contributed by atoms with van der Waals surface area (Å²) in [5.41, 5.74) is 0.887. The monoisotopic (exact) mass is 194 g/mol. The fourth-order valence-electron chi connectivity index (χ4n) is 1.76. The summed E-state index contributed by atoms with van der Waals surface area (Å²) < 4.78 is 12.8. The predicted octanol–water partition coefficient (Wildman–Crippen LogP) is 2.53.